The molecule has 1 saturated heterocycles. The number of amides is 1. The van der Waals surface area contributed by atoms with Crippen LogP contribution in [0, 0.1) is 0 Å². The molecule has 2 aromatic heterocycles. The van der Waals surface area contributed by atoms with Crippen molar-refractivity contribution in [3.05, 3.63) is 12.5 Å². The normalized spacial score (nSPS) is 27.9. The average Bonchev–Trinajstić information content (AvgIpc) is 3.12. The molecule has 4 atom stereocenters. The quantitative estimate of drug-likeness (QED) is 0.360. The molecule has 0 bridgehead atoms. The number of aliphatic hydroxyl groups excluding tert-OH is 2. The summed E-state index contributed by atoms with van der Waals surface area (Å²) in [6.07, 6.45) is -0.407. The van der Waals surface area contributed by atoms with Gasteiger partial charge in [-0.2, -0.15) is 0 Å². The maximum Gasteiger partial charge on any atom is 0.490 e. The molecular formula is C15H21BN4O7. The van der Waals surface area contributed by atoms with Gasteiger partial charge in [0.15, 0.2) is 6.23 Å². The van der Waals surface area contributed by atoms with Crippen molar-refractivity contribution in [3.8, 4) is 0 Å². The van der Waals surface area contributed by atoms with Crippen molar-refractivity contribution in [1.29, 1.82) is 0 Å². The standard InChI is InChI=1S/C15H21BN4O7/c1-7(22)19-12-10-8(16(24)25)4-20(13(10)18-6-17-12)14-15(2,26-3)11(23)9(5-21)27-14/h4,6,9,11,14,21,23-25H,5H2,1-3H3,(H,17,18,19,22)/t9?,11?,14-,15?/m1/s1. The van der Waals surface area contributed by atoms with Gasteiger partial charge in [0.1, 0.15) is 35.6 Å². The van der Waals surface area contributed by atoms with Crippen molar-refractivity contribution in [3.63, 3.8) is 0 Å². The lowest BCUT2D eigenvalue weighted by molar-refractivity contribution is -0.118. The van der Waals surface area contributed by atoms with Crippen LogP contribution in [0.15, 0.2) is 12.5 Å². The molecule has 0 saturated carbocycles. The zero-order valence-electron chi connectivity index (χ0n) is 15.0. The highest BCUT2D eigenvalue weighted by Gasteiger charge is 2.55. The highest BCUT2D eigenvalue weighted by molar-refractivity contribution is 6.62. The highest BCUT2D eigenvalue weighted by atomic mass is 16.6. The molecule has 27 heavy (non-hydrogen) atoms. The third-order valence-electron chi connectivity index (χ3n) is 4.82. The first-order chi connectivity index (χ1) is 12.7. The topological polar surface area (TPSA) is 159 Å². The van der Waals surface area contributed by atoms with Gasteiger partial charge < -0.3 is 39.6 Å². The predicted octanol–water partition coefficient (Wildman–Crippen LogP) is -2.27. The van der Waals surface area contributed by atoms with Crippen molar-refractivity contribution in [2.24, 2.45) is 0 Å². The molecule has 0 aromatic carbocycles. The Morgan fingerprint density at radius 3 is 2.74 bits per heavy atom. The van der Waals surface area contributed by atoms with E-state index < -0.39 is 43.7 Å². The van der Waals surface area contributed by atoms with Crippen molar-refractivity contribution in [1.82, 2.24) is 14.5 Å². The zero-order chi connectivity index (χ0) is 19.9. The Morgan fingerprint density at radius 1 is 1.48 bits per heavy atom. The second-order valence-electron chi connectivity index (χ2n) is 6.51. The van der Waals surface area contributed by atoms with Crippen LogP contribution in [-0.2, 0) is 14.3 Å². The van der Waals surface area contributed by atoms with Crippen LogP contribution in [0.4, 0.5) is 5.82 Å². The Morgan fingerprint density at radius 2 is 2.19 bits per heavy atom. The summed E-state index contributed by atoms with van der Waals surface area (Å²) in [4.78, 5) is 19.6. The fraction of sp³-hybridized carbons (Fsp3) is 0.533. The molecule has 1 amide bonds. The summed E-state index contributed by atoms with van der Waals surface area (Å²) in [5.74, 6) is -0.290. The van der Waals surface area contributed by atoms with Crippen molar-refractivity contribution in [2.45, 2.75) is 37.9 Å². The summed E-state index contributed by atoms with van der Waals surface area (Å²) in [6.45, 7) is 2.47. The van der Waals surface area contributed by atoms with Crippen molar-refractivity contribution >= 4 is 35.3 Å². The van der Waals surface area contributed by atoms with Crippen LogP contribution in [-0.4, -0.2) is 79.3 Å². The Labute approximate surface area is 154 Å². The number of anilines is 1. The van der Waals surface area contributed by atoms with Crippen LogP contribution in [0.2, 0.25) is 0 Å². The van der Waals surface area contributed by atoms with E-state index in [1.54, 1.807) is 6.92 Å². The Hall–Kier alpha value is -2.09. The summed E-state index contributed by atoms with van der Waals surface area (Å²) < 4.78 is 12.7. The van der Waals surface area contributed by atoms with Gasteiger partial charge in [0.25, 0.3) is 0 Å². The number of fused-ring (bicyclic) bond motifs is 1. The molecule has 2 aromatic rings. The van der Waals surface area contributed by atoms with Gasteiger partial charge in [-0.25, -0.2) is 9.97 Å². The van der Waals surface area contributed by atoms with E-state index >= 15 is 0 Å². The number of hydrogen-bond donors (Lipinski definition) is 5. The summed E-state index contributed by atoms with van der Waals surface area (Å²) in [5.41, 5.74) is -0.981. The molecule has 0 spiro atoms. The maximum absolute atomic E-state index is 11.5. The van der Waals surface area contributed by atoms with E-state index in [1.807, 2.05) is 0 Å². The fourth-order valence-electron chi connectivity index (χ4n) is 3.35. The van der Waals surface area contributed by atoms with Gasteiger partial charge in [-0.05, 0) is 6.92 Å². The number of rotatable bonds is 5. The van der Waals surface area contributed by atoms with Crippen LogP contribution >= 0.6 is 0 Å². The lowest BCUT2D eigenvalue weighted by Gasteiger charge is -2.31. The molecule has 0 aliphatic carbocycles. The summed E-state index contributed by atoms with van der Waals surface area (Å²) in [6, 6.07) is 0. The van der Waals surface area contributed by atoms with Gasteiger partial charge in [-0.1, -0.05) is 0 Å². The van der Waals surface area contributed by atoms with Crippen LogP contribution in [0.5, 0.6) is 0 Å². The summed E-state index contributed by atoms with van der Waals surface area (Å²) in [5, 5.41) is 42.3. The first-order valence-electron chi connectivity index (χ1n) is 8.23. The van der Waals surface area contributed by atoms with Crippen LogP contribution in [0.25, 0.3) is 11.0 Å². The number of nitrogens with zero attached hydrogens (tertiary/aromatic N) is 3. The van der Waals surface area contributed by atoms with Crippen LogP contribution < -0.4 is 10.8 Å². The number of carbonyl (C=O) groups excluding carboxylic acids is 1. The van der Waals surface area contributed by atoms with E-state index in [9.17, 15) is 25.1 Å². The number of aliphatic hydroxyl groups is 2. The predicted molar refractivity (Wildman–Crippen MR) is 94.1 cm³/mol. The van der Waals surface area contributed by atoms with Gasteiger partial charge in [-0.3, -0.25) is 4.79 Å². The molecule has 1 fully saturated rings. The van der Waals surface area contributed by atoms with Gasteiger partial charge in [-0.15, -0.1) is 0 Å². The number of aromatic nitrogens is 3. The molecule has 12 heteroatoms. The van der Waals surface area contributed by atoms with Gasteiger partial charge in [0, 0.05) is 25.7 Å². The number of nitrogens with one attached hydrogen (secondary N) is 1. The Kier molecular flexibility index (Phi) is 5.21. The third kappa shape index (κ3) is 3.10. The molecule has 3 unspecified atom stereocenters. The van der Waals surface area contributed by atoms with E-state index in [-0.39, 0.29) is 22.3 Å². The number of ether oxygens (including phenoxy) is 2. The minimum Gasteiger partial charge on any atom is -0.423 e. The molecule has 146 valence electrons. The van der Waals surface area contributed by atoms with E-state index in [4.69, 9.17) is 9.47 Å². The van der Waals surface area contributed by atoms with Crippen molar-refractivity contribution in [2.75, 3.05) is 19.0 Å². The van der Waals surface area contributed by atoms with Gasteiger partial charge in [0.05, 0.1) is 12.0 Å². The first-order valence-corrected chi connectivity index (χ1v) is 8.23. The lowest BCUT2D eigenvalue weighted by Crippen LogP contribution is -2.46. The highest BCUT2D eigenvalue weighted by Crippen LogP contribution is 2.42. The monoisotopic (exact) mass is 380 g/mol. The molecule has 3 rings (SSSR count). The Balaban J connectivity index is 2.22. The first kappa shape index (κ1) is 19.7. The second-order valence-corrected chi connectivity index (χ2v) is 6.51. The zero-order valence-corrected chi connectivity index (χ0v) is 15.0. The lowest BCUT2D eigenvalue weighted by atomic mass is 9.80. The minimum atomic E-state index is -1.87. The fourth-order valence-corrected chi connectivity index (χ4v) is 3.35. The SMILES string of the molecule is COC1(C)C(O)C(CO)O[C@H]1n1cc(B(O)O)c2c(NC(C)=O)ncnc21. The Bertz CT molecular complexity index is 860. The van der Waals surface area contributed by atoms with Crippen molar-refractivity contribution < 1.29 is 34.5 Å². The van der Waals surface area contributed by atoms with Gasteiger partial charge >= 0.3 is 7.12 Å². The molecule has 5 N–H and O–H groups in total. The van der Waals surface area contributed by atoms with Crippen LogP contribution in [0.1, 0.15) is 20.1 Å². The summed E-state index contributed by atoms with van der Waals surface area (Å²) >= 11 is 0. The maximum atomic E-state index is 11.5. The van der Waals surface area contributed by atoms with Crippen LogP contribution in [0.3, 0.4) is 0 Å². The van der Waals surface area contributed by atoms with E-state index in [2.05, 4.69) is 15.3 Å². The minimum absolute atomic E-state index is 0.0401. The molecule has 0 radical (unpaired) electrons. The summed E-state index contributed by atoms with van der Waals surface area (Å²) in [7, 11) is -0.481. The van der Waals surface area contributed by atoms with E-state index in [0.717, 1.165) is 0 Å². The number of carbonyl (C=O) groups is 1. The van der Waals surface area contributed by atoms with E-state index in [1.165, 1.54) is 31.1 Å². The smallest absolute Gasteiger partial charge is 0.423 e. The number of hydrogen-bond acceptors (Lipinski definition) is 9. The largest absolute Gasteiger partial charge is 0.490 e. The molecule has 1 aliphatic rings. The molecule has 11 nitrogen and oxygen atoms in total. The van der Waals surface area contributed by atoms with Gasteiger partial charge in [0.2, 0.25) is 5.91 Å². The molecule has 3 heterocycles. The average molecular weight is 380 g/mol. The molecular weight excluding hydrogens is 359 g/mol. The number of methoxy groups -OCH3 is 1. The third-order valence-corrected chi connectivity index (χ3v) is 4.82. The molecule has 1 aliphatic heterocycles. The second kappa shape index (κ2) is 7.15. The van der Waals surface area contributed by atoms with E-state index in [0.29, 0.717) is 0 Å².